The van der Waals surface area contributed by atoms with Crippen molar-refractivity contribution in [2.75, 3.05) is 6.26 Å². The number of fused-ring (bicyclic) bond motifs is 1. The predicted molar refractivity (Wildman–Crippen MR) is 144 cm³/mol. The molecule has 1 aromatic heterocycles. The number of H-pyrrole nitrogens is 1. The molecule has 0 unspecified atom stereocenters. The number of benzene rings is 2. The molecule has 1 fully saturated rings. The Kier molecular flexibility index (Phi) is 8.08. The third-order valence-electron chi connectivity index (χ3n) is 7.19. The fourth-order valence-electron chi connectivity index (χ4n) is 5.63. The third kappa shape index (κ3) is 5.97. The number of rotatable bonds is 8. The van der Waals surface area contributed by atoms with Crippen molar-refractivity contribution in [1.29, 1.82) is 0 Å². The van der Waals surface area contributed by atoms with E-state index in [2.05, 4.69) is 24.9 Å². The van der Waals surface area contributed by atoms with E-state index in [4.69, 9.17) is 16.4 Å². The van der Waals surface area contributed by atoms with Crippen molar-refractivity contribution >= 4 is 33.4 Å². The van der Waals surface area contributed by atoms with Crippen molar-refractivity contribution in [2.24, 2.45) is 0 Å². The first kappa shape index (κ1) is 28.0. The van der Waals surface area contributed by atoms with E-state index in [1.165, 1.54) is 0 Å². The van der Waals surface area contributed by atoms with Crippen LogP contribution in [0.1, 0.15) is 65.0 Å². The highest BCUT2D eigenvalue weighted by atomic mass is 35.5. The highest BCUT2D eigenvalue weighted by Crippen LogP contribution is 2.46. The molecule has 212 valence electrons. The van der Waals surface area contributed by atoms with Crippen LogP contribution < -0.4 is 16.0 Å². The number of carbonyl (C=O) groups excluding carboxylic acids is 2. The Morgan fingerprint density at radius 3 is 2.58 bits per heavy atom. The van der Waals surface area contributed by atoms with E-state index in [9.17, 15) is 22.8 Å². The normalized spacial score (nSPS) is 23.1. The van der Waals surface area contributed by atoms with E-state index in [1.54, 1.807) is 53.4 Å². The molecule has 0 saturated heterocycles. The molecule has 1 aliphatic heterocycles. The average molecular weight is 590 g/mol. The summed E-state index contributed by atoms with van der Waals surface area (Å²) in [6.45, 7) is -0.261. The van der Waals surface area contributed by atoms with Crippen LogP contribution in [0.25, 0.3) is 0 Å². The molecule has 12 nitrogen and oxygen atoms in total. The Morgan fingerprint density at radius 1 is 1.15 bits per heavy atom. The number of amides is 2. The highest BCUT2D eigenvalue weighted by molar-refractivity contribution is 7.88. The number of hydroxylamine groups is 1. The zero-order valence-corrected chi connectivity index (χ0v) is 23.1. The first-order chi connectivity index (χ1) is 19.1. The number of hydrogen-bond acceptors (Lipinski definition) is 8. The molecule has 2 aromatic carbocycles. The van der Waals surface area contributed by atoms with Crippen LogP contribution in [-0.4, -0.2) is 53.6 Å². The van der Waals surface area contributed by atoms with Crippen LogP contribution in [0.15, 0.2) is 57.8 Å². The molecule has 40 heavy (non-hydrogen) atoms. The fourth-order valence-corrected chi connectivity index (χ4v) is 6.58. The molecule has 3 N–H and O–H groups in total. The van der Waals surface area contributed by atoms with Gasteiger partial charge in [-0.25, -0.2) is 23.4 Å². The van der Waals surface area contributed by atoms with E-state index in [1.807, 2.05) is 0 Å². The Balaban J connectivity index is 1.57. The summed E-state index contributed by atoms with van der Waals surface area (Å²) in [5.74, 6) is -2.44. The van der Waals surface area contributed by atoms with Crippen LogP contribution in [-0.2, 0) is 26.3 Å². The third-order valence-corrected chi connectivity index (χ3v) is 8.17. The molecular weight excluding hydrogens is 562 g/mol. The van der Waals surface area contributed by atoms with Crippen LogP contribution in [0.2, 0.25) is 5.02 Å². The van der Waals surface area contributed by atoms with Crippen molar-refractivity contribution in [3.63, 3.8) is 0 Å². The van der Waals surface area contributed by atoms with Crippen LogP contribution in [0, 0.1) is 0 Å². The molecule has 14 heteroatoms. The molecule has 5 rings (SSSR count). The largest absolute Gasteiger partial charge is 0.438 e. The Bertz CT molecular complexity index is 1560. The summed E-state index contributed by atoms with van der Waals surface area (Å²) in [5.41, 5.74) is 3.93. The second-order valence-corrected chi connectivity index (χ2v) is 12.1. The summed E-state index contributed by atoms with van der Waals surface area (Å²) in [6, 6.07) is 11.9. The number of nitrogens with zero attached hydrogens (tertiary/aromatic N) is 2. The SMILES string of the molecule is CS(=O)(=O)N[C@H]1CCCC[C@@H]1N1C(=O)c2ccccc2[C@@H](C(=O)NOCc2noc(=O)[nH]2)[C@@H]1c1ccc(Cl)cc1. The van der Waals surface area contributed by atoms with Gasteiger partial charge in [-0.15, -0.1) is 0 Å². The van der Waals surface area contributed by atoms with Gasteiger partial charge in [0.15, 0.2) is 5.82 Å². The summed E-state index contributed by atoms with van der Waals surface area (Å²) in [5, 5.41) is 4.00. The molecule has 0 spiro atoms. The molecule has 2 heterocycles. The monoisotopic (exact) mass is 589 g/mol. The number of aromatic nitrogens is 2. The van der Waals surface area contributed by atoms with Crippen LogP contribution in [0.4, 0.5) is 0 Å². The number of nitrogens with one attached hydrogen (secondary N) is 3. The fraction of sp³-hybridized carbons (Fsp3) is 0.385. The van der Waals surface area contributed by atoms with E-state index in [0.717, 1.165) is 19.1 Å². The minimum absolute atomic E-state index is 0.0808. The average Bonchev–Trinajstić information content (AvgIpc) is 3.33. The lowest BCUT2D eigenvalue weighted by atomic mass is 9.76. The van der Waals surface area contributed by atoms with Gasteiger partial charge in [0.1, 0.15) is 6.61 Å². The zero-order chi connectivity index (χ0) is 28.4. The maximum absolute atomic E-state index is 14.2. The topological polar surface area (TPSA) is 164 Å². The molecular formula is C26H28ClN5O7S. The van der Waals surface area contributed by atoms with Crippen LogP contribution >= 0.6 is 11.6 Å². The van der Waals surface area contributed by atoms with E-state index < -0.39 is 45.7 Å². The smallest absolute Gasteiger partial charge is 0.326 e. The first-order valence-corrected chi connectivity index (χ1v) is 15.0. The minimum Gasteiger partial charge on any atom is -0.326 e. The van der Waals surface area contributed by atoms with Crippen molar-refractivity contribution in [2.45, 2.75) is 56.3 Å². The highest BCUT2D eigenvalue weighted by Gasteiger charge is 2.49. The van der Waals surface area contributed by atoms with Gasteiger partial charge in [-0.3, -0.25) is 23.9 Å². The first-order valence-electron chi connectivity index (χ1n) is 12.7. The van der Waals surface area contributed by atoms with Crippen LogP contribution in [0.3, 0.4) is 0 Å². The molecule has 4 atom stereocenters. The van der Waals surface area contributed by atoms with Gasteiger partial charge in [-0.05, 0) is 42.2 Å². The summed E-state index contributed by atoms with van der Waals surface area (Å²) in [7, 11) is -3.57. The lowest BCUT2D eigenvalue weighted by molar-refractivity contribution is -0.138. The number of aromatic amines is 1. The van der Waals surface area contributed by atoms with Gasteiger partial charge in [0.25, 0.3) is 11.8 Å². The van der Waals surface area contributed by atoms with Gasteiger partial charge in [0, 0.05) is 22.7 Å². The lowest BCUT2D eigenvalue weighted by Gasteiger charge is -2.49. The number of sulfonamides is 1. The Hall–Kier alpha value is -3.52. The van der Waals surface area contributed by atoms with Crippen molar-refractivity contribution in [1.82, 2.24) is 25.2 Å². The number of carbonyl (C=O) groups is 2. The summed E-state index contributed by atoms with van der Waals surface area (Å²) in [4.78, 5) is 48.5. The molecule has 2 amide bonds. The zero-order valence-electron chi connectivity index (χ0n) is 21.5. The van der Waals surface area contributed by atoms with Gasteiger partial charge < -0.3 is 4.90 Å². The predicted octanol–water partition coefficient (Wildman–Crippen LogP) is 2.41. The quantitative estimate of drug-likeness (QED) is 0.337. The van der Waals surface area contributed by atoms with Gasteiger partial charge in [0.2, 0.25) is 10.0 Å². The van der Waals surface area contributed by atoms with E-state index >= 15 is 0 Å². The summed E-state index contributed by atoms with van der Waals surface area (Å²) in [6.07, 6.45) is 3.79. The van der Waals surface area contributed by atoms with Crippen molar-refractivity contribution in [3.8, 4) is 0 Å². The van der Waals surface area contributed by atoms with Gasteiger partial charge >= 0.3 is 5.76 Å². The second kappa shape index (κ2) is 11.5. The molecule has 1 saturated carbocycles. The Morgan fingerprint density at radius 2 is 1.88 bits per heavy atom. The van der Waals surface area contributed by atoms with Crippen molar-refractivity contribution < 1.29 is 27.4 Å². The number of hydrogen-bond donors (Lipinski definition) is 3. The number of halogens is 1. The van der Waals surface area contributed by atoms with Crippen LogP contribution in [0.5, 0.6) is 0 Å². The summed E-state index contributed by atoms with van der Waals surface area (Å²) >= 11 is 6.17. The maximum Gasteiger partial charge on any atom is 0.438 e. The van der Waals surface area contributed by atoms with Gasteiger partial charge in [-0.1, -0.05) is 59.9 Å². The lowest BCUT2D eigenvalue weighted by Crippen LogP contribution is -2.59. The second-order valence-electron chi connectivity index (χ2n) is 9.92. The molecule has 0 radical (unpaired) electrons. The molecule has 1 aliphatic carbocycles. The standard InChI is InChI=1S/C26H28ClN5O7S/c1-40(36,37)31-19-8-4-5-9-20(19)32-23(15-10-12-16(27)13-11-15)22(17-6-2-3-7-18(17)25(32)34)24(33)30-38-14-21-28-26(35)39-29-21/h2-3,6-7,10-13,19-20,22-23,31H,4-5,8-9,14H2,1H3,(H,30,33)(H,28,29,35)/t19-,20-,22+,23-/m0/s1. The molecule has 2 aliphatic rings. The van der Waals surface area contributed by atoms with E-state index in [0.29, 0.717) is 34.6 Å². The maximum atomic E-state index is 14.2. The molecule has 3 aromatic rings. The van der Waals surface area contributed by atoms with E-state index in [-0.39, 0.29) is 18.3 Å². The van der Waals surface area contributed by atoms with Gasteiger partial charge in [-0.2, -0.15) is 0 Å². The Labute approximate surface area is 235 Å². The van der Waals surface area contributed by atoms with Gasteiger partial charge in [0.05, 0.1) is 18.2 Å². The molecule has 0 bridgehead atoms. The summed E-state index contributed by atoms with van der Waals surface area (Å²) < 4.78 is 31.7. The minimum atomic E-state index is -3.57. The van der Waals surface area contributed by atoms with Crippen molar-refractivity contribution in [3.05, 3.63) is 86.6 Å².